The minimum Gasteiger partial charge on any atom is -0.384 e. The first-order chi connectivity index (χ1) is 12.0. The van der Waals surface area contributed by atoms with Gasteiger partial charge < -0.3 is 20.3 Å². The highest BCUT2D eigenvalue weighted by Crippen LogP contribution is 2.28. The molecule has 0 saturated carbocycles. The van der Waals surface area contributed by atoms with Gasteiger partial charge in [0.25, 0.3) is 5.91 Å². The molecule has 2 rings (SSSR count). The highest BCUT2D eigenvalue weighted by molar-refractivity contribution is 5.94. The van der Waals surface area contributed by atoms with Crippen molar-refractivity contribution < 1.29 is 9.53 Å². The standard InChI is InChI=1S/C20H33N3O2/c1-16(2)13-23(3)18-7-5-17(6-8-18)19(24)22-14-20(15-25-4)9-11-21-12-10-20/h5-8,16,21H,9-15H2,1-4H3,(H,22,24). The fourth-order valence-corrected chi connectivity index (χ4v) is 3.53. The Morgan fingerprint density at radius 3 is 2.48 bits per heavy atom. The van der Waals surface area contributed by atoms with Crippen LogP contribution in [0.1, 0.15) is 37.0 Å². The predicted octanol–water partition coefficient (Wildman–Crippen LogP) is 2.52. The van der Waals surface area contributed by atoms with E-state index in [1.165, 1.54) is 0 Å². The van der Waals surface area contributed by atoms with E-state index in [0.29, 0.717) is 24.6 Å². The van der Waals surface area contributed by atoms with Crippen LogP contribution in [-0.2, 0) is 4.74 Å². The van der Waals surface area contributed by atoms with Crippen LogP contribution in [0, 0.1) is 11.3 Å². The maximum Gasteiger partial charge on any atom is 0.251 e. The predicted molar refractivity (Wildman–Crippen MR) is 103 cm³/mol. The van der Waals surface area contributed by atoms with Crippen molar-refractivity contribution in [3.63, 3.8) is 0 Å². The number of ether oxygens (including phenoxy) is 1. The van der Waals surface area contributed by atoms with Gasteiger partial charge in [0.1, 0.15) is 0 Å². The SMILES string of the molecule is COCC1(CNC(=O)c2ccc(N(C)CC(C)C)cc2)CCNCC1. The van der Waals surface area contributed by atoms with Crippen LogP contribution >= 0.6 is 0 Å². The molecule has 0 atom stereocenters. The lowest BCUT2D eigenvalue weighted by atomic mass is 9.79. The number of nitrogens with one attached hydrogen (secondary N) is 2. The summed E-state index contributed by atoms with van der Waals surface area (Å²) in [4.78, 5) is 14.7. The van der Waals surface area contributed by atoms with Crippen molar-refractivity contribution in [2.24, 2.45) is 11.3 Å². The number of carbonyl (C=O) groups excluding carboxylic acids is 1. The summed E-state index contributed by atoms with van der Waals surface area (Å²) in [6.45, 7) is 8.72. The van der Waals surface area contributed by atoms with E-state index in [0.717, 1.165) is 38.2 Å². The molecule has 140 valence electrons. The quantitative estimate of drug-likeness (QED) is 0.759. The number of rotatable bonds is 8. The molecule has 0 aliphatic carbocycles. The minimum atomic E-state index is -0.00734. The Kier molecular flexibility index (Phi) is 7.26. The summed E-state index contributed by atoms with van der Waals surface area (Å²) in [6, 6.07) is 7.86. The molecule has 1 aromatic carbocycles. The second kappa shape index (κ2) is 9.20. The van der Waals surface area contributed by atoms with Gasteiger partial charge in [0.15, 0.2) is 0 Å². The third-order valence-electron chi connectivity index (χ3n) is 4.95. The molecule has 5 heteroatoms. The van der Waals surface area contributed by atoms with Crippen molar-refractivity contribution in [3.05, 3.63) is 29.8 Å². The lowest BCUT2D eigenvalue weighted by molar-refractivity contribution is 0.0512. The number of piperidine rings is 1. The molecule has 1 saturated heterocycles. The van der Waals surface area contributed by atoms with Crippen LogP contribution in [0.3, 0.4) is 0 Å². The van der Waals surface area contributed by atoms with Gasteiger partial charge >= 0.3 is 0 Å². The van der Waals surface area contributed by atoms with Crippen LogP contribution in [0.5, 0.6) is 0 Å². The van der Waals surface area contributed by atoms with Crippen LogP contribution in [0.2, 0.25) is 0 Å². The Balaban J connectivity index is 1.93. The highest BCUT2D eigenvalue weighted by Gasteiger charge is 2.32. The zero-order chi connectivity index (χ0) is 18.3. The van der Waals surface area contributed by atoms with E-state index in [1.807, 2.05) is 24.3 Å². The molecule has 1 heterocycles. The molecule has 5 nitrogen and oxygen atoms in total. The van der Waals surface area contributed by atoms with Gasteiger partial charge in [-0.3, -0.25) is 4.79 Å². The molecule has 1 amide bonds. The molecule has 2 N–H and O–H groups in total. The van der Waals surface area contributed by atoms with Crippen LogP contribution in [0.4, 0.5) is 5.69 Å². The molecule has 0 unspecified atom stereocenters. The first kappa shape index (κ1) is 19.7. The Morgan fingerprint density at radius 1 is 1.28 bits per heavy atom. The van der Waals surface area contributed by atoms with Gasteiger partial charge in [0.05, 0.1) is 6.61 Å². The normalized spacial score (nSPS) is 16.7. The number of nitrogens with zero attached hydrogens (tertiary/aromatic N) is 1. The molecule has 1 fully saturated rings. The summed E-state index contributed by atoms with van der Waals surface area (Å²) in [5, 5.41) is 6.49. The van der Waals surface area contributed by atoms with E-state index in [-0.39, 0.29) is 11.3 Å². The van der Waals surface area contributed by atoms with Crippen molar-refractivity contribution in [3.8, 4) is 0 Å². The summed E-state index contributed by atoms with van der Waals surface area (Å²) >= 11 is 0. The fourth-order valence-electron chi connectivity index (χ4n) is 3.53. The Hall–Kier alpha value is -1.59. The maximum absolute atomic E-state index is 12.5. The van der Waals surface area contributed by atoms with Gasteiger partial charge in [-0.05, 0) is 56.1 Å². The van der Waals surface area contributed by atoms with Crippen LogP contribution in [0.15, 0.2) is 24.3 Å². The van der Waals surface area contributed by atoms with E-state index < -0.39 is 0 Å². The summed E-state index contributed by atoms with van der Waals surface area (Å²) in [6.07, 6.45) is 2.06. The van der Waals surface area contributed by atoms with Crippen molar-refractivity contribution in [2.45, 2.75) is 26.7 Å². The van der Waals surface area contributed by atoms with E-state index in [1.54, 1.807) is 7.11 Å². The molecule has 0 bridgehead atoms. The first-order valence-corrected chi connectivity index (χ1v) is 9.25. The highest BCUT2D eigenvalue weighted by atomic mass is 16.5. The number of benzene rings is 1. The lowest BCUT2D eigenvalue weighted by Crippen LogP contribution is -2.47. The zero-order valence-electron chi connectivity index (χ0n) is 16.1. The van der Waals surface area contributed by atoms with Crippen LogP contribution < -0.4 is 15.5 Å². The van der Waals surface area contributed by atoms with Crippen molar-refractivity contribution in [2.75, 3.05) is 51.8 Å². The zero-order valence-corrected chi connectivity index (χ0v) is 16.1. The average Bonchev–Trinajstić information content (AvgIpc) is 2.60. The summed E-state index contributed by atoms with van der Waals surface area (Å²) < 4.78 is 5.41. The van der Waals surface area contributed by atoms with Gasteiger partial charge in [0.2, 0.25) is 0 Å². The molecule has 0 radical (unpaired) electrons. The molecular formula is C20H33N3O2. The molecule has 1 aliphatic heterocycles. The van der Waals surface area contributed by atoms with E-state index in [9.17, 15) is 4.79 Å². The largest absolute Gasteiger partial charge is 0.384 e. The van der Waals surface area contributed by atoms with E-state index >= 15 is 0 Å². The number of hydrogen-bond donors (Lipinski definition) is 2. The van der Waals surface area contributed by atoms with E-state index in [4.69, 9.17) is 4.74 Å². The summed E-state index contributed by atoms with van der Waals surface area (Å²) in [7, 11) is 3.82. The second-order valence-corrected chi connectivity index (χ2v) is 7.69. The van der Waals surface area contributed by atoms with Crippen molar-refractivity contribution in [1.29, 1.82) is 0 Å². The third-order valence-corrected chi connectivity index (χ3v) is 4.95. The number of methoxy groups -OCH3 is 1. The topological polar surface area (TPSA) is 53.6 Å². The van der Waals surface area contributed by atoms with Crippen LogP contribution in [0.25, 0.3) is 0 Å². The molecule has 25 heavy (non-hydrogen) atoms. The van der Waals surface area contributed by atoms with Gasteiger partial charge in [0, 0.05) is 43.9 Å². The smallest absolute Gasteiger partial charge is 0.251 e. The van der Waals surface area contributed by atoms with Gasteiger partial charge in [-0.1, -0.05) is 13.8 Å². The fraction of sp³-hybridized carbons (Fsp3) is 0.650. The molecule has 0 spiro atoms. The Bertz CT molecular complexity index is 531. The number of carbonyl (C=O) groups is 1. The van der Waals surface area contributed by atoms with Crippen LogP contribution in [-0.4, -0.2) is 52.9 Å². The maximum atomic E-state index is 12.5. The van der Waals surface area contributed by atoms with Gasteiger partial charge in [-0.15, -0.1) is 0 Å². The van der Waals surface area contributed by atoms with Crippen molar-refractivity contribution in [1.82, 2.24) is 10.6 Å². The summed E-state index contributed by atoms with van der Waals surface area (Å²) in [5.74, 6) is 0.599. The van der Waals surface area contributed by atoms with E-state index in [2.05, 4.69) is 36.4 Å². The first-order valence-electron chi connectivity index (χ1n) is 9.25. The molecule has 0 aromatic heterocycles. The van der Waals surface area contributed by atoms with Gasteiger partial charge in [-0.2, -0.15) is 0 Å². The number of anilines is 1. The van der Waals surface area contributed by atoms with Gasteiger partial charge in [-0.25, -0.2) is 0 Å². The average molecular weight is 348 g/mol. The molecular weight excluding hydrogens is 314 g/mol. The monoisotopic (exact) mass is 347 g/mol. The number of amides is 1. The number of hydrogen-bond acceptors (Lipinski definition) is 4. The second-order valence-electron chi connectivity index (χ2n) is 7.69. The van der Waals surface area contributed by atoms with Crippen molar-refractivity contribution >= 4 is 11.6 Å². The Morgan fingerprint density at radius 2 is 1.92 bits per heavy atom. The minimum absolute atomic E-state index is 0.00734. The molecule has 1 aliphatic rings. The summed E-state index contributed by atoms with van der Waals surface area (Å²) in [5.41, 5.74) is 1.90. The Labute approximate surface area is 152 Å². The lowest BCUT2D eigenvalue weighted by Gasteiger charge is -2.37. The third kappa shape index (κ3) is 5.72. The molecule has 1 aromatic rings.